The number of rotatable bonds is 12. The summed E-state index contributed by atoms with van der Waals surface area (Å²) in [5.74, 6) is -1.02. The van der Waals surface area contributed by atoms with Crippen molar-refractivity contribution in [1.29, 1.82) is 0 Å². The van der Waals surface area contributed by atoms with Gasteiger partial charge in [-0.15, -0.1) is 0 Å². The number of benzene rings is 1. The molecule has 1 atom stereocenters. The molecule has 25 heavy (non-hydrogen) atoms. The molecule has 0 radical (unpaired) electrons. The number of hydrogen-bond acceptors (Lipinski definition) is 4. The normalized spacial score (nSPS) is 12.0. The summed E-state index contributed by atoms with van der Waals surface area (Å²) in [5, 5.41) is 20.4. The number of nitrogens with zero attached hydrogens (tertiary/aromatic N) is 1. The predicted octanol–water partition coefficient (Wildman–Crippen LogP) is 2.61. The van der Waals surface area contributed by atoms with Gasteiger partial charge in [-0.1, -0.05) is 38.3 Å². The van der Waals surface area contributed by atoms with Crippen LogP contribution in [0.15, 0.2) is 24.3 Å². The van der Waals surface area contributed by atoms with Gasteiger partial charge in [0.2, 0.25) is 5.91 Å². The molecule has 1 rings (SSSR count). The third-order valence-corrected chi connectivity index (χ3v) is 4.12. The Morgan fingerprint density at radius 1 is 1.16 bits per heavy atom. The lowest BCUT2D eigenvalue weighted by atomic mass is 10.1. The van der Waals surface area contributed by atoms with Crippen molar-refractivity contribution in [2.45, 2.75) is 58.5 Å². The summed E-state index contributed by atoms with van der Waals surface area (Å²) in [4.78, 5) is 22.5. The van der Waals surface area contributed by atoms with Crippen LogP contribution in [-0.2, 0) is 11.2 Å². The van der Waals surface area contributed by atoms with Gasteiger partial charge in [-0.2, -0.15) is 0 Å². The van der Waals surface area contributed by atoms with Crippen LogP contribution in [0.4, 0.5) is 0 Å². The lowest BCUT2D eigenvalue weighted by Gasteiger charge is -2.23. The Kier molecular flexibility index (Phi) is 9.80. The molecule has 0 saturated carbocycles. The molecule has 1 aromatic carbocycles. The van der Waals surface area contributed by atoms with E-state index in [2.05, 4.69) is 12.3 Å². The van der Waals surface area contributed by atoms with Crippen LogP contribution in [-0.4, -0.2) is 46.3 Å². The van der Waals surface area contributed by atoms with Crippen molar-refractivity contribution in [2.24, 2.45) is 0 Å². The van der Waals surface area contributed by atoms with Gasteiger partial charge in [0, 0.05) is 20.0 Å². The molecular weight excluding hydrogens is 320 g/mol. The van der Waals surface area contributed by atoms with E-state index in [1.807, 2.05) is 0 Å². The summed E-state index contributed by atoms with van der Waals surface area (Å²) in [5.41, 5.74) is 4.35. The third-order valence-electron chi connectivity index (χ3n) is 4.12. The number of hydrogen-bond donors (Lipinski definition) is 3. The average molecular weight is 350 g/mol. The highest BCUT2D eigenvalue weighted by molar-refractivity contribution is 5.87. The number of aromatic carboxylic acids is 1. The standard InChI is InChI=1S/C19H30N2O4/c1-3-4-5-6-18(23)12-14-21(15(2)22)20-13-11-16-7-9-17(10-8-16)19(24)25/h7-10,18,20,23H,3-6,11-14H2,1-2H3,(H,24,25). The molecule has 0 aromatic heterocycles. The highest BCUT2D eigenvalue weighted by Crippen LogP contribution is 2.07. The number of aliphatic hydroxyl groups is 1. The molecule has 1 aromatic rings. The minimum absolute atomic E-state index is 0.0815. The van der Waals surface area contributed by atoms with E-state index in [-0.39, 0.29) is 17.6 Å². The zero-order valence-electron chi connectivity index (χ0n) is 15.2. The molecule has 3 N–H and O–H groups in total. The van der Waals surface area contributed by atoms with Gasteiger partial charge in [0.1, 0.15) is 0 Å². The van der Waals surface area contributed by atoms with Crippen LogP contribution < -0.4 is 5.43 Å². The van der Waals surface area contributed by atoms with E-state index >= 15 is 0 Å². The first kappa shape index (κ1) is 21.1. The van der Waals surface area contributed by atoms with Crippen molar-refractivity contribution in [3.05, 3.63) is 35.4 Å². The quantitative estimate of drug-likeness (QED) is 0.398. The number of carbonyl (C=O) groups is 2. The van der Waals surface area contributed by atoms with Crippen molar-refractivity contribution in [2.75, 3.05) is 13.1 Å². The lowest BCUT2D eigenvalue weighted by molar-refractivity contribution is -0.132. The fourth-order valence-corrected chi connectivity index (χ4v) is 2.55. The molecule has 0 saturated heterocycles. The first-order valence-electron chi connectivity index (χ1n) is 8.96. The van der Waals surface area contributed by atoms with Crippen LogP contribution in [0.1, 0.15) is 61.9 Å². The van der Waals surface area contributed by atoms with E-state index in [0.717, 1.165) is 31.2 Å². The molecule has 0 fully saturated rings. The molecule has 0 aliphatic rings. The van der Waals surface area contributed by atoms with Crippen molar-refractivity contribution >= 4 is 11.9 Å². The van der Waals surface area contributed by atoms with E-state index in [0.29, 0.717) is 25.9 Å². The molecule has 140 valence electrons. The van der Waals surface area contributed by atoms with Gasteiger partial charge in [0.15, 0.2) is 0 Å². The zero-order chi connectivity index (χ0) is 18.7. The number of carboxylic acids is 1. The van der Waals surface area contributed by atoms with Crippen LogP contribution in [0.25, 0.3) is 0 Å². The molecule has 6 nitrogen and oxygen atoms in total. The molecular formula is C19H30N2O4. The minimum atomic E-state index is -0.940. The Morgan fingerprint density at radius 2 is 1.84 bits per heavy atom. The van der Waals surface area contributed by atoms with Gasteiger partial charge in [0.05, 0.1) is 11.7 Å². The molecule has 1 unspecified atom stereocenters. The minimum Gasteiger partial charge on any atom is -0.478 e. The second kappa shape index (κ2) is 11.6. The Hall–Kier alpha value is -1.92. The predicted molar refractivity (Wildman–Crippen MR) is 97.3 cm³/mol. The monoisotopic (exact) mass is 350 g/mol. The topological polar surface area (TPSA) is 89.9 Å². The molecule has 0 spiro atoms. The van der Waals surface area contributed by atoms with Crippen LogP contribution in [0, 0.1) is 0 Å². The maximum Gasteiger partial charge on any atom is 0.335 e. The number of carbonyl (C=O) groups excluding carboxylic acids is 1. The van der Waals surface area contributed by atoms with Gasteiger partial charge >= 0.3 is 5.97 Å². The van der Waals surface area contributed by atoms with Crippen molar-refractivity contribution in [3.8, 4) is 0 Å². The van der Waals surface area contributed by atoms with Gasteiger partial charge in [-0.25, -0.2) is 10.2 Å². The summed E-state index contributed by atoms with van der Waals surface area (Å²) < 4.78 is 0. The Bertz CT molecular complexity index is 531. The van der Waals surface area contributed by atoms with Crippen LogP contribution >= 0.6 is 0 Å². The number of unbranched alkanes of at least 4 members (excludes halogenated alkanes) is 2. The highest BCUT2D eigenvalue weighted by atomic mass is 16.4. The Labute approximate surface area is 149 Å². The largest absolute Gasteiger partial charge is 0.478 e. The summed E-state index contributed by atoms with van der Waals surface area (Å²) in [6, 6.07) is 6.71. The maximum atomic E-state index is 11.7. The smallest absolute Gasteiger partial charge is 0.335 e. The second-order valence-corrected chi connectivity index (χ2v) is 6.27. The summed E-state index contributed by atoms with van der Waals surface area (Å²) in [6.45, 7) is 4.67. The van der Waals surface area contributed by atoms with Crippen molar-refractivity contribution in [1.82, 2.24) is 10.4 Å². The van der Waals surface area contributed by atoms with Crippen LogP contribution in [0.3, 0.4) is 0 Å². The molecule has 1 amide bonds. The third kappa shape index (κ3) is 8.65. The van der Waals surface area contributed by atoms with Gasteiger partial charge in [-0.3, -0.25) is 9.80 Å². The number of hydrazine groups is 1. The highest BCUT2D eigenvalue weighted by Gasteiger charge is 2.11. The summed E-state index contributed by atoms with van der Waals surface area (Å²) >= 11 is 0. The molecule has 0 aliphatic carbocycles. The molecule has 6 heteroatoms. The van der Waals surface area contributed by atoms with Crippen LogP contribution in [0.5, 0.6) is 0 Å². The summed E-state index contributed by atoms with van der Waals surface area (Å²) in [7, 11) is 0. The van der Waals surface area contributed by atoms with E-state index in [4.69, 9.17) is 5.11 Å². The van der Waals surface area contributed by atoms with Gasteiger partial charge in [-0.05, 0) is 37.0 Å². The number of nitrogens with one attached hydrogen (secondary N) is 1. The average Bonchev–Trinajstić information content (AvgIpc) is 2.58. The van der Waals surface area contributed by atoms with E-state index in [1.54, 1.807) is 24.3 Å². The first-order valence-corrected chi connectivity index (χ1v) is 8.96. The lowest BCUT2D eigenvalue weighted by Crippen LogP contribution is -2.44. The molecule has 0 bridgehead atoms. The van der Waals surface area contributed by atoms with E-state index < -0.39 is 5.97 Å². The fraction of sp³-hybridized carbons (Fsp3) is 0.579. The summed E-state index contributed by atoms with van der Waals surface area (Å²) in [6.07, 6.45) is 4.89. The number of amides is 1. The van der Waals surface area contributed by atoms with Gasteiger partial charge in [0.25, 0.3) is 0 Å². The van der Waals surface area contributed by atoms with Crippen molar-refractivity contribution < 1.29 is 19.8 Å². The van der Waals surface area contributed by atoms with E-state index in [9.17, 15) is 14.7 Å². The molecule has 0 aliphatic heterocycles. The Morgan fingerprint density at radius 3 is 2.40 bits per heavy atom. The second-order valence-electron chi connectivity index (χ2n) is 6.27. The number of aliphatic hydroxyl groups excluding tert-OH is 1. The van der Waals surface area contributed by atoms with E-state index in [1.165, 1.54) is 11.9 Å². The Balaban J connectivity index is 2.35. The fourth-order valence-electron chi connectivity index (χ4n) is 2.55. The first-order chi connectivity index (χ1) is 11.9. The SMILES string of the molecule is CCCCCC(O)CCN(NCCc1ccc(C(=O)O)cc1)C(C)=O. The maximum absolute atomic E-state index is 11.7. The zero-order valence-corrected chi connectivity index (χ0v) is 15.2. The molecule has 0 heterocycles. The van der Waals surface area contributed by atoms with Crippen LogP contribution in [0.2, 0.25) is 0 Å². The number of carboxylic acid groups (broad SMARTS) is 1. The van der Waals surface area contributed by atoms with Crippen molar-refractivity contribution in [3.63, 3.8) is 0 Å². The van der Waals surface area contributed by atoms with Gasteiger partial charge < -0.3 is 10.2 Å².